The maximum Gasteiger partial charge on any atom is 0.156 e. The zero-order valence-corrected chi connectivity index (χ0v) is 23.3. The van der Waals surface area contributed by atoms with Crippen LogP contribution in [0.1, 0.15) is 22.3 Å². The summed E-state index contributed by atoms with van der Waals surface area (Å²) in [4.78, 5) is 0. The molecule has 0 atom stereocenters. The molecule has 1 aliphatic carbocycles. The largest absolute Gasteiger partial charge is 0.454 e. The maximum atomic E-state index is 7.07. The summed E-state index contributed by atoms with van der Waals surface area (Å²) >= 11 is 0. The molecular formula is C41H25NO. The van der Waals surface area contributed by atoms with E-state index in [-0.39, 0.29) is 0 Å². The van der Waals surface area contributed by atoms with Gasteiger partial charge in [0.25, 0.3) is 0 Å². The zero-order valence-electron chi connectivity index (χ0n) is 23.3. The van der Waals surface area contributed by atoms with Crippen molar-refractivity contribution in [2.24, 2.45) is 0 Å². The minimum Gasteiger partial charge on any atom is -0.454 e. The SMILES string of the molecule is c1ccc2c(c1)Oc1c(ccc3c4ccccc4n(-c4ccc5ccccc5c4)c13)C21c2ccccc2-c2ccccc21. The Morgan fingerprint density at radius 3 is 1.93 bits per heavy atom. The fourth-order valence-electron chi connectivity index (χ4n) is 7.95. The van der Waals surface area contributed by atoms with Gasteiger partial charge in [0.2, 0.25) is 0 Å². The van der Waals surface area contributed by atoms with Crippen molar-refractivity contribution in [3.8, 4) is 28.3 Å². The Kier molecular flexibility index (Phi) is 4.41. The third-order valence-corrected chi connectivity index (χ3v) is 9.64. The molecule has 200 valence electrons. The van der Waals surface area contributed by atoms with Gasteiger partial charge in [0, 0.05) is 27.6 Å². The molecule has 0 N–H and O–H groups in total. The van der Waals surface area contributed by atoms with Gasteiger partial charge in [0.15, 0.2) is 5.75 Å². The third kappa shape index (κ3) is 2.83. The minimum atomic E-state index is -0.490. The number of ether oxygens (including phenoxy) is 1. The molecule has 1 aromatic heterocycles. The summed E-state index contributed by atoms with van der Waals surface area (Å²) in [7, 11) is 0. The summed E-state index contributed by atoms with van der Waals surface area (Å²) in [6, 6.07) is 55.1. The molecule has 0 bridgehead atoms. The Balaban J connectivity index is 1.40. The molecule has 0 amide bonds. The molecule has 2 heterocycles. The number of benzene rings is 7. The van der Waals surface area contributed by atoms with E-state index in [0.717, 1.165) is 22.7 Å². The van der Waals surface area contributed by atoms with Crippen LogP contribution < -0.4 is 4.74 Å². The lowest BCUT2D eigenvalue weighted by atomic mass is 9.66. The molecule has 2 heteroatoms. The fourth-order valence-corrected chi connectivity index (χ4v) is 7.95. The summed E-state index contributed by atoms with van der Waals surface area (Å²) in [6.45, 7) is 0. The van der Waals surface area contributed by atoms with Crippen LogP contribution in [0, 0.1) is 0 Å². The quantitative estimate of drug-likeness (QED) is 0.199. The Labute approximate surface area is 249 Å². The van der Waals surface area contributed by atoms with E-state index in [1.165, 1.54) is 60.4 Å². The molecule has 7 aromatic carbocycles. The van der Waals surface area contributed by atoms with Gasteiger partial charge in [0.1, 0.15) is 5.75 Å². The Morgan fingerprint density at radius 2 is 1.12 bits per heavy atom. The Bertz CT molecular complexity index is 2400. The maximum absolute atomic E-state index is 7.07. The lowest BCUT2D eigenvalue weighted by Gasteiger charge is -2.39. The van der Waals surface area contributed by atoms with Crippen LogP contribution in [0.5, 0.6) is 11.5 Å². The highest BCUT2D eigenvalue weighted by atomic mass is 16.5. The van der Waals surface area contributed by atoms with E-state index < -0.39 is 5.41 Å². The van der Waals surface area contributed by atoms with Gasteiger partial charge in [-0.05, 0) is 57.3 Å². The smallest absolute Gasteiger partial charge is 0.156 e. The molecule has 43 heavy (non-hydrogen) atoms. The number of nitrogens with zero attached hydrogens (tertiary/aromatic N) is 1. The molecule has 0 fully saturated rings. The Morgan fingerprint density at radius 1 is 0.465 bits per heavy atom. The number of aromatic nitrogens is 1. The van der Waals surface area contributed by atoms with E-state index in [9.17, 15) is 0 Å². The molecular weight excluding hydrogens is 522 g/mol. The van der Waals surface area contributed by atoms with E-state index in [2.05, 4.69) is 156 Å². The van der Waals surface area contributed by atoms with Crippen LogP contribution in [0.25, 0.3) is 49.4 Å². The predicted octanol–water partition coefficient (Wildman–Crippen LogP) is 10.4. The van der Waals surface area contributed by atoms with Gasteiger partial charge in [-0.25, -0.2) is 0 Å². The van der Waals surface area contributed by atoms with Crippen LogP contribution in [-0.4, -0.2) is 4.57 Å². The molecule has 2 aliphatic rings. The lowest BCUT2D eigenvalue weighted by molar-refractivity contribution is 0.440. The van der Waals surface area contributed by atoms with Gasteiger partial charge in [0.05, 0.1) is 16.4 Å². The normalized spacial score (nSPS) is 14.0. The van der Waals surface area contributed by atoms with E-state index in [1.54, 1.807) is 0 Å². The van der Waals surface area contributed by atoms with Gasteiger partial charge < -0.3 is 9.30 Å². The van der Waals surface area contributed by atoms with Crippen LogP contribution in [-0.2, 0) is 5.41 Å². The van der Waals surface area contributed by atoms with Crippen molar-refractivity contribution in [3.05, 3.63) is 174 Å². The summed E-state index contributed by atoms with van der Waals surface area (Å²) in [5, 5.41) is 4.86. The first-order valence-corrected chi connectivity index (χ1v) is 14.9. The zero-order chi connectivity index (χ0) is 28.1. The highest BCUT2D eigenvalue weighted by Gasteiger charge is 2.51. The number of hydrogen-bond donors (Lipinski definition) is 0. The predicted molar refractivity (Wildman–Crippen MR) is 176 cm³/mol. The molecule has 0 radical (unpaired) electrons. The van der Waals surface area contributed by atoms with Gasteiger partial charge in [-0.1, -0.05) is 127 Å². The van der Waals surface area contributed by atoms with Crippen LogP contribution >= 0.6 is 0 Å². The van der Waals surface area contributed by atoms with Gasteiger partial charge in [-0.2, -0.15) is 0 Å². The first-order chi connectivity index (χ1) is 21.3. The highest BCUT2D eigenvalue weighted by molar-refractivity contribution is 6.12. The molecule has 1 spiro atoms. The molecule has 8 aromatic rings. The third-order valence-electron chi connectivity index (χ3n) is 9.64. The second-order valence-electron chi connectivity index (χ2n) is 11.7. The van der Waals surface area contributed by atoms with Crippen molar-refractivity contribution < 1.29 is 4.74 Å². The van der Waals surface area contributed by atoms with Crippen molar-refractivity contribution >= 4 is 32.6 Å². The highest BCUT2D eigenvalue weighted by Crippen LogP contribution is 2.63. The van der Waals surface area contributed by atoms with Crippen molar-refractivity contribution in [2.75, 3.05) is 0 Å². The average Bonchev–Trinajstić information content (AvgIpc) is 3.56. The van der Waals surface area contributed by atoms with Crippen LogP contribution in [0.4, 0.5) is 0 Å². The van der Waals surface area contributed by atoms with Crippen molar-refractivity contribution in [1.82, 2.24) is 4.57 Å². The van der Waals surface area contributed by atoms with Crippen molar-refractivity contribution in [1.29, 1.82) is 0 Å². The molecule has 2 nitrogen and oxygen atoms in total. The van der Waals surface area contributed by atoms with E-state index in [4.69, 9.17) is 4.74 Å². The number of rotatable bonds is 1. The molecule has 10 rings (SSSR count). The topological polar surface area (TPSA) is 14.2 Å². The van der Waals surface area contributed by atoms with Gasteiger partial charge in [-0.3, -0.25) is 0 Å². The van der Waals surface area contributed by atoms with Gasteiger partial charge in [-0.15, -0.1) is 0 Å². The second kappa shape index (κ2) is 8.24. The molecule has 0 saturated heterocycles. The average molecular weight is 548 g/mol. The molecule has 0 unspecified atom stereocenters. The second-order valence-corrected chi connectivity index (χ2v) is 11.7. The minimum absolute atomic E-state index is 0.490. The molecule has 1 aliphatic heterocycles. The van der Waals surface area contributed by atoms with E-state index >= 15 is 0 Å². The summed E-state index contributed by atoms with van der Waals surface area (Å²) in [5.41, 5.74) is 10.5. The lowest BCUT2D eigenvalue weighted by Crippen LogP contribution is -2.32. The number of fused-ring (bicyclic) bond motifs is 14. The van der Waals surface area contributed by atoms with E-state index in [0.29, 0.717) is 0 Å². The van der Waals surface area contributed by atoms with Crippen molar-refractivity contribution in [3.63, 3.8) is 0 Å². The standard InChI is InChI=1S/C41H25NO/c1-2-12-27-25-28(22-21-26(27)11-1)42-37-19-9-5-15-31(37)32-23-24-36-40(39(32)42)43-38-20-10-8-18-35(38)41(36)33-16-6-3-13-29(33)30-14-4-7-17-34(30)41/h1-25H. The van der Waals surface area contributed by atoms with Crippen LogP contribution in [0.3, 0.4) is 0 Å². The first kappa shape index (κ1) is 23.0. The van der Waals surface area contributed by atoms with Crippen LogP contribution in [0.15, 0.2) is 152 Å². The summed E-state index contributed by atoms with van der Waals surface area (Å²) in [5.74, 6) is 1.83. The van der Waals surface area contributed by atoms with Gasteiger partial charge >= 0.3 is 0 Å². The first-order valence-electron chi connectivity index (χ1n) is 14.9. The summed E-state index contributed by atoms with van der Waals surface area (Å²) < 4.78 is 9.47. The Hall–Kier alpha value is -5.60. The summed E-state index contributed by atoms with van der Waals surface area (Å²) in [6.07, 6.45) is 0. The van der Waals surface area contributed by atoms with Crippen molar-refractivity contribution in [2.45, 2.75) is 5.41 Å². The van der Waals surface area contributed by atoms with E-state index in [1.807, 2.05) is 0 Å². The monoisotopic (exact) mass is 547 g/mol. The fraction of sp³-hybridized carbons (Fsp3) is 0.0244. The van der Waals surface area contributed by atoms with Crippen LogP contribution in [0.2, 0.25) is 0 Å². The molecule has 0 saturated carbocycles. The number of hydrogen-bond acceptors (Lipinski definition) is 1. The number of para-hydroxylation sites is 2.